The molecule has 1 N–H and O–H groups in total. The van der Waals surface area contributed by atoms with E-state index in [4.69, 9.17) is 23.2 Å². The summed E-state index contributed by atoms with van der Waals surface area (Å²) in [7, 11) is 0. The van der Waals surface area contributed by atoms with E-state index < -0.39 is 0 Å². The number of fused-ring (bicyclic) bond motifs is 2. The Morgan fingerprint density at radius 1 is 0.871 bits per heavy atom. The third-order valence-electron chi connectivity index (χ3n) is 5.15. The summed E-state index contributed by atoms with van der Waals surface area (Å²) in [6.45, 7) is 1.93. The number of carbonyl (C=O) groups excluding carboxylic acids is 1. The van der Waals surface area contributed by atoms with E-state index in [2.05, 4.69) is 15.5 Å². The molecule has 1 heterocycles. The van der Waals surface area contributed by atoms with Gasteiger partial charge in [-0.1, -0.05) is 47.5 Å². The van der Waals surface area contributed by atoms with Gasteiger partial charge in [0.05, 0.1) is 5.69 Å². The summed E-state index contributed by atoms with van der Waals surface area (Å²) in [5.41, 5.74) is 4.35. The largest absolute Gasteiger partial charge is 0.322 e. The highest BCUT2D eigenvalue weighted by Gasteiger charge is 2.14. The molecule has 0 atom stereocenters. The average molecular weight is 447 g/mol. The molecule has 0 bridgehead atoms. The van der Waals surface area contributed by atoms with Gasteiger partial charge in [-0.15, -0.1) is 10.2 Å². The van der Waals surface area contributed by atoms with Crippen LogP contribution in [-0.2, 0) is 0 Å². The Morgan fingerprint density at radius 2 is 1.55 bits per heavy atom. The molecular formula is C24H16Cl2N4O. The van der Waals surface area contributed by atoms with Crippen molar-refractivity contribution in [3.63, 3.8) is 0 Å². The lowest BCUT2D eigenvalue weighted by Gasteiger charge is -2.10. The fraction of sp³-hybridized carbons (Fsp3) is 0.0417. The van der Waals surface area contributed by atoms with Crippen LogP contribution in [0.15, 0.2) is 72.8 Å². The average Bonchev–Trinajstić information content (AvgIpc) is 3.17. The fourth-order valence-electron chi connectivity index (χ4n) is 3.55. The lowest BCUT2D eigenvalue weighted by atomic mass is 10.0. The van der Waals surface area contributed by atoms with Crippen LogP contribution in [0.4, 0.5) is 5.69 Å². The van der Waals surface area contributed by atoms with Crippen molar-refractivity contribution >= 4 is 56.6 Å². The molecule has 7 heteroatoms. The molecule has 31 heavy (non-hydrogen) atoms. The van der Waals surface area contributed by atoms with Gasteiger partial charge in [0.1, 0.15) is 11.0 Å². The molecule has 0 aliphatic heterocycles. The first-order chi connectivity index (χ1) is 15.0. The number of aryl methyl sites for hydroxylation is 1. The molecule has 0 aliphatic rings. The van der Waals surface area contributed by atoms with E-state index in [1.54, 1.807) is 23.0 Å². The van der Waals surface area contributed by atoms with Gasteiger partial charge in [-0.3, -0.25) is 4.79 Å². The molecule has 0 saturated heterocycles. The number of benzene rings is 4. The highest BCUT2D eigenvalue weighted by molar-refractivity contribution is 6.36. The van der Waals surface area contributed by atoms with Gasteiger partial charge in [-0.25, -0.2) is 0 Å². The summed E-state index contributed by atoms with van der Waals surface area (Å²) in [6.07, 6.45) is 0. The molecule has 1 aromatic heterocycles. The SMILES string of the molecule is Cc1cc2nn(-c3ccc(Cl)cc3)nc2cc1NC(=O)c1cccc2c(Cl)cccc12. The maximum absolute atomic E-state index is 13.1. The number of hydrogen-bond acceptors (Lipinski definition) is 3. The quantitative estimate of drug-likeness (QED) is 0.346. The maximum atomic E-state index is 13.1. The number of hydrogen-bond donors (Lipinski definition) is 1. The van der Waals surface area contributed by atoms with Gasteiger partial charge in [-0.2, -0.15) is 4.80 Å². The lowest BCUT2D eigenvalue weighted by molar-refractivity contribution is 0.102. The van der Waals surface area contributed by atoms with E-state index in [-0.39, 0.29) is 5.91 Å². The highest BCUT2D eigenvalue weighted by atomic mass is 35.5. The zero-order chi connectivity index (χ0) is 21.5. The van der Waals surface area contributed by atoms with Crippen molar-refractivity contribution < 1.29 is 4.79 Å². The fourth-order valence-corrected chi connectivity index (χ4v) is 3.92. The summed E-state index contributed by atoms with van der Waals surface area (Å²) < 4.78 is 0. The Bertz CT molecular complexity index is 1460. The van der Waals surface area contributed by atoms with E-state index in [1.165, 1.54) is 0 Å². The van der Waals surface area contributed by atoms with Crippen molar-refractivity contribution in [2.75, 3.05) is 5.32 Å². The van der Waals surface area contributed by atoms with Crippen LogP contribution in [0.25, 0.3) is 27.5 Å². The lowest BCUT2D eigenvalue weighted by Crippen LogP contribution is -2.13. The van der Waals surface area contributed by atoms with Crippen LogP contribution in [0.5, 0.6) is 0 Å². The number of rotatable bonds is 3. The summed E-state index contributed by atoms with van der Waals surface area (Å²) in [6, 6.07) is 22.1. The van der Waals surface area contributed by atoms with Gasteiger partial charge < -0.3 is 5.32 Å². The van der Waals surface area contributed by atoms with Crippen LogP contribution in [0.2, 0.25) is 10.0 Å². The number of nitrogens with zero attached hydrogens (tertiary/aromatic N) is 3. The molecule has 1 amide bonds. The van der Waals surface area contributed by atoms with Gasteiger partial charge in [0, 0.05) is 26.7 Å². The van der Waals surface area contributed by atoms with E-state index in [1.807, 2.05) is 61.5 Å². The highest BCUT2D eigenvalue weighted by Crippen LogP contribution is 2.28. The van der Waals surface area contributed by atoms with Crippen LogP contribution in [0.1, 0.15) is 15.9 Å². The molecule has 4 aromatic carbocycles. The first kappa shape index (κ1) is 19.5. The van der Waals surface area contributed by atoms with Crippen molar-refractivity contribution in [2.45, 2.75) is 6.92 Å². The van der Waals surface area contributed by atoms with Crippen LogP contribution < -0.4 is 5.32 Å². The summed E-state index contributed by atoms with van der Waals surface area (Å²) in [5, 5.41) is 15.0. The normalized spacial score (nSPS) is 11.2. The number of nitrogens with one attached hydrogen (secondary N) is 1. The van der Waals surface area contributed by atoms with E-state index in [9.17, 15) is 4.79 Å². The smallest absolute Gasteiger partial charge is 0.256 e. The van der Waals surface area contributed by atoms with Gasteiger partial charge in [-0.05, 0) is 66.4 Å². The second-order valence-electron chi connectivity index (χ2n) is 7.22. The van der Waals surface area contributed by atoms with E-state index >= 15 is 0 Å². The Morgan fingerprint density at radius 3 is 2.32 bits per heavy atom. The second kappa shape index (κ2) is 7.69. The third-order valence-corrected chi connectivity index (χ3v) is 5.73. The zero-order valence-corrected chi connectivity index (χ0v) is 17.9. The Hall–Kier alpha value is -3.41. The van der Waals surface area contributed by atoms with Crippen LogP contribution in [-0.4, -0.2) is 20.9 Å². The molecular weight excluding hydrogens is 431 g/mol. The maximum Gasteiger partial charge on any atom is 0.256 e. The molecule has 5 aromatic rings. The standard InChI is InChI=1S/C24H16Cl2N4O/c1-14-12-22-23(29-30(28-22)16-10-8-15(25)9-11-16)13-21(14)27-24(31)19-6-2-5-18-17(19)4-3-7-20(18)26/h2-13H,1H3,(H,27,31). The molecule has 0 fully saturated rings. The molecule has 0 spiro atoms. The first-order valence-electron chi connectivity index (χ1n) is 9.62. The topological polar surface area (TPSA) is 59.8 Å². The van der Waals surface area contributed by atoms with Crippen LogP contribution in [0, 0.1) is 6.92 Å². The van der Waals surface area contributed by atoms with Crippen molar-refractivity contribution in [1.82, 2.24) is 15.0 Å². The van der Waals surface area contributed by atoms with Gasteiger partial charge in [0.2, 0.25) is 0 Å². The minimum Gasteiger partial charge on any atom is -0.322 e. The summed E-state index contributed by atoms with van der Waals surface area (Å²) >= 11 is 12.3. The number of halogens is 2. The van der Waals surface area contributed by atoms with Gasteiger partial charge >= 0.3 is 0 Å². The first-order valence-corrected chi connectivity index (χ1v) is 10.4. The minimum atomic E-state index is -0.208. The monoisotopic (exact) mass is 446 g/mol. The number of aromatic nitrogens is 3. The molecule has 0 radical (unpaired) electrons. The summed E-state index contributed by atoms with van der Waals surface area (Å²) in [5.74, 6) is -0.208. The number of amides is 1. The second-order valence-corrected chi connectivity index (χ2v) is 8.06. The van der Waals surface area contributed by atoms with E-state index in [0.29, 0.717) is 26.8 Å². The third kappa shape index (κ3) is 3.63. The molecule has 0 aliphatic carbocycles. The van der Waals surface area contributed by atoms with Crippen molar-refractivity contribution in [2.24, 2.45) is 0 Å². The Kier molecular flexibility index (Phi) is 4.85. The molecule has 0 unspecified atom stereocenters. The Balaban J connectivity index is 1.51. The van der Waals surface area contributed by atoms with Crippen molar-refractivity contribution in [3.05, 3.63) is 94.0 Å². The van der Waals surface area contributed by atoms with E-state index in [0.717, 1.165) is 27.5 Å². The zero-order valence-electron chi connectivity index (χ0n) is 16.4. The Labute approximate surface area is 188 Å². The van der Waals surface area contributed by atoms with Gasteiger partial charge in [0.15, 0.2) is 0 Å². The van der Waals surface area contributed by atoms with Crippen LogP contribution >= 0.6 is 23.2 Å². The molecule has 0 saturated carbocycles. The predicted molar refractivity (Wildman–Crippen MR) is 126 cm³/mol. The molecule has 5 rings (SSSR count). The number of anilines is 1. The predicted octanol–water partition coefficient (Wildman–Crippen LogP) is 6.44. The number of carbonyl (C=O) groups is 1. The van der Waals surface area contributed by atoms with Gasteiger partial charge in [0.25, 0.3) is 5.91 Å². The van der Waals surface area contributed by atoms with Crippen molar-refractivity contribution in [1.29, 1.82) is 0 Å². The molecule has 5 nitrogen and oxygen atoms in total. The summed E-state index contributed by atoms with van der Waals surface area (Å²) in [4.78, 5) is 14.6. The minimum absolute atomic E-state index is 0.208. The van der Waals surface area contributed by atoms with Crippen molar-refractivity contribution in [3.8, 4) is 5.69 Å². The molecule has 152 valence electrons. The van der Waals surface area contributed by atoms with Crippen LogP contribution in [0.3, 0.4) is 0 Å².